The van der Waals surface area contributed by atoms with Gasteiger partial charge in [0, 0.05) is 23.3 Å². The average molecular weight is 211 g/mol. The van der Waals surface area contributed by atoms with Gasteiger partial charge in [0.1, 0.15) is 9.84 Å². The first kappa shape index (κ1) is 12.3. The van der Waals surface area contributed by atoms with Crippen LogP contribution in [0.1, 0.15) is 13.8 Å². The molecule has 0 aromatic carbocycles. The predicted molar refractivity (Wildman–Crippen MR) is 55.3 cm³/mol. The maximum atomic E-state index is 10.7. The summed E-state index contributed by atoms with van der Waals surface area (Å²) in [5.74, 6) is 0.885. The highest BCUT2D eigenvalue weighted by atomic mass is 32.2. The molecule has 0 aliphatic heterocycles. The highest BCUT2D eigenvalue weighted by Crippen LogP contribution is 2.12. The van der Waals surface area contributed by atoms with E-state index in [-0.39, 0.29) is 11.8 Å². The van der Waals surface area contributed by atoms with Crippen molar-refractivity contribution in [3.05, 3.63) is 0 Å². The molecule has 2 N–H and O–H groups in total. The van der Waals surface area contributed by atoms with E-state index in [2.05, 4.69) is 0 Å². The first-order valence-electron chi connectivity index (χ1n) is 3.88. The lowest BCUT2D eigenvalue weighted by molar-refractivity contribution is 0.603. The minimum Gasteiger partial charge on any atom is -0.327 e. The Kier molecular flexibility index (Phi) is 5.20. The first-order chi connectivity index (χ1) is 5.33. The molecule has 0 spiro atoms. The summed E-state index contributed by atoms with van der Waals surface area (Å²) in [6, 6.07) is 0.120. The fourth-order valence-electron chi connectivity index (χ4n) is 0.537. The molecule has 3 nitrogen and oxygen atoms in total. The summed E-state index contributed by atoms with van der Waals surface area (Å²) in [5, 5.41) is 0.326. The molecule has 0 fully saturated rings. The lowest BCUT2D eigenvalue weighted by Gasteiger charge is -2.13. The molecule has 0 amide bonds. The van der Waals surface area contributed by atoms with Crippen molar-refractivity contribution in [3.8, 4) is 0 Å². The zero-order valence-electron chi connectivity index (χ0n) is 7.78. The SMILES string of the molecule is CC(N)C(C)SCCS(C)(=O)=O. The van der Waals surface area contributed by atoms with Crippen LogP contribution >= 0.6 is 11.8 Å². The smallest absolute Gasteiger partial charge is 0.148 e. The van der Waals surface area contributed by atoms with E-state index in [1.165, 1.54) is 6.26 Å². The van der Waals surface area contributed by atoms with Gasteiger partial charge in [0.25, 0.3) is 0 Å². The molecule has 12 heavy (non-hydrogen) atoms. The summed E-state index contributed by atoms with van der Waals surface area (Å²) in [4.78, 5) is 0. The van der Waals surface area contributed by atoms with E-state index in [1.54, 1.807) is 11.8 Å². The van der Waals surface area contributed by atoms with Crippen molar-refractivity contribution >= 4 is 21.6 Å². The summed E-state index contributed by atoms with van der Waals surface area (Å²) < 4.78 is 21.5. The molecule has 0 aliphatic rings. The Morgan fingerprint density at radius 2 is 1.92 bits per heavy atom. The topological polar surface area (TPSA) is 60.2 Å². The van der Waals surface area contributed by atoms with Gasteiger partial charge in [-0.15, -0.1) is 0 Å². The van der Waals surface area contributed by atoms with E-state index in [9.17, 15) is 8.42 Å². The fraction of sp³-hybridized carbons (Fsp3) is 1.00. The Morgan fingerprint density at radius 3 is 2.25 bits per heavy atom. The van der Waals surface area contributed by atoms with Gasteiger partial charge in [0.15, 0.2) is 0 Å². The molecule has 0 aliphatic carbocycles. The number of hydrogen-bond donors (Lipinski definition) is 1. The van der Waals surface area contributed by atoms with Gasteiger partial charge in [-0.1, -0.05) is 6.92 Å². The normalized spacial score (nSPS) is 17.3. The maximum absolute atomic E-state index is 10.7. The highest BCUT2D eigenvalue weighted by Gasteiger charge is 2.09. The average Bonchev–Trinajstić information content (AvgIpc) is 1.84. The minimum absolute atomic E-state index is 0.120. The van der Waals surface area contributed by atoms with Gasteiger partial charge in [-0.3, -0.25) is 0 Å². The summed E-state index contributed by atoms with van der Waals surface area (Å²) in [5.41, 5.74) is 5.62. The summed E-state index contributed by atoms with van der Waals surface area (Å²) in [7, 11) is -2.81. The Bertz CT molecular complexity index is 211. The molecular formula is C7H17NO2S2. The van der Waals surface area contributed by atoms with Gasteiger partial charge in [-0.2, -0.15) is 11.8 Å². The van der Waals surface area contributed by atoms with Crippen LogP contribution in [0.3, 0.4) is 0 Å². The largest absolute Gasteiger partial charge is 0.327 e. The van der Waals surface area contributed by atoms with Crippen molar-refractivity contribution in [1.82, 2.24) is 0 Å². The van der Waals surface area contributed by atoms with Crippen molar-refractivity contribution in [2.45, 2.75) is 25.1 Å². The quantitative estimate of drug-likeness (QED) is 0.719. The van der Waals surface area contributed by atoms with E-state index < -0.39 is 9.84 Å². The van der Waals surface area contributed by atoms with Gasteiger partial charge in [-0.05, 0) is 6.92 Å². The fourth-order valence-corrected chi connectivity index (χ4v) is 2.81. The van der Waals surface area contributed by atoms with Crippen molar-refractivity contribution in [1.29, 1.82) is 0 Å². The monoisotopic (exact) mass is 211 g/mol. The van der Waals surface area contributed by atoms with Crippen LogP contribution in [-0.2, 0) is 9.84 Å². The third-order valence-electron chi connectivity index (χ3n) is 1.58. The molecule has 0 heterocycles. The highest BCUT2D eigenvalue weighted by molar-refractivity contribution is 8.01. The maximum Gasteiger partial charge on any atom is 0.148 e. The predicted octanol–water partition coefficient (Wildman–Crippen LogP) is 0.500. The molecule has 0 bridgehead atoms. The van der Waals surface area contributed by atoms with Crippen LogP contribution in [0.4, 0.5) is 0 Å². The summed E-state index contributed by atoms with van der Waals surface area (Å²) in [6.45, 7) is 3.94. The molecule has 0 saturated carbocycles. The molecule has 0 saturated heterocycles. The minimum atomic E-state index is -2.81. The molecule has 0 rings (SSSR count). The van der Waals surface area contributed by atoms with Gasteiger partial charge in [0.05, 0.1) is 5.75 Å². The lowest BCUT2D eigenvalue weighted by atomic mass is 10.3. The van der Waals surface area contributed by atoms with E-state index in [1.807, 2.05) is 13.8 Å². The van der Waals surface area contributed by atoms with Gasteiger partial charge in [-0.25, -0.2) is 8.42 Å². The van der Waals surface area contributed by atoms with Crippen molar-refractivity contribution < 1.29 is 8.42 Å². The number of rotatable bonds is 5. The second-order valence-corrected chi connectivity index (χ2v) is 6.81. The Labute approximate surface area is 79.0 Å². The third kappa shape index (κ3) is 6.94. The third-order valence-corrected chi connectivity index (χ3v) is 4.17. The zero-order chi connectivity index (χ0) is 9.78. The lowest BCUT2D eigenvalue weighted by Crippen LogP contribution is -2.27. The number of thioether (sulfide) groups is 1. The molecule has 0 aromatic heterocycles. The van der Waals surface area contributed by atoms with Crippen LogP contribution in [-0.4, -0.2) is 37.5 Å². The van der Waals surface area contributed by atoms with Gasteiger partial charge >= 0.3 is 0 Å². The van der Waals surface area contributed by atoms with Gasteiger partial charge < -0.3 is 5.73 Å². The number of sulfone groups is 1. The summed E-state index contributed by atoms with van der Waals surface area (Å²) in [6.07, 6.45) is 1.25. The van der Waals surface area contributed by atoms with Crippen LogP contribution in [0, 0.1) is 0 Å². The second kappa shape index (κ2) is 5.09. The van der Waals surface area contributed by atoms with Crippen molar-refractivity contribution in [2.24, 2.45) is 5.73 Å². The van der Waals surface area contributed by atoms with E-state index in [0.29, 0.717) is 11.0 Å². The van der Waals surface area contributed by atoms with Crippen LogP contribution in [0.25, 0.3) is 0 Å². The first-order valence-corrected chi connectivity index (χ1v) is 6.99. The molecule has 0 radical (unpaired) electrons. The zero-order valence-corrected chi connectivity index (χ0v) is 9.41. The molecule has 2 unspecified atom stereocenters. The Hall–Kier alpha value is 0.260. The summed E-state index contributed by atoms with van der Waals surface area (Å²) >= 11 is 1.61. The molecule has 74 valence electrons. The molecular weight excluding hydrogens is 194 g/mol. The molecule has 5 heteroatoms. The number of hydrogen-bond acceptors (Lipinski definition) is 4. The molecule has 0 aromatic rings. The molecule has 2 atom stereocenters. The standard InChI is InChI=1S/C7H17NO2S2/c1-6(8)7(2)11-4-5-12(3,9)10/h6-7H,4-5,8H2,1-3H3. The van der Waals surface area contributed by atoms with Crippen molar-refractivity contribution in [3.63, 3.8) is 0 Å². The van der Waals surface area contributed by atoms with Crippen molar-refractivity contribution in [2.75, 3.05) is 17.8 Å². The van der Waals surface area contributed by atoms with E-state index in [4.69, 9.17) is 5.73 Å². The van der Waals surface area contributed by atoms with Crippen LogP contribution < -0.4 is 5.73 Å². The van der Waals surface area contributed by atoms with Crippen LogP contribution in [0.15, 0.2) is 0 Å². The van der Waals surface area contributed by atoms with E-state index >= 15 is 0 Å². The Balaban J connectivity index is 3.58. The van der Waals surface area contributed by atoms with Crippen LogP contribution in [0.2, 0.25) is 0 Å². The van der Waals surface area contributed by atoms with Gasteiger partial charge in [0.2, 0.25) is 0 Å². The number of nitrogens with two attached hydrogens (primary N) is 1. The van der Waals surface area contributed by atoms with Crippen LogP contribution in [0.5, 0.6) is 0 Å². The Morgan fingerprint density at radius 1 is 1.42 bits per heavy atom. The van der Waals surface area contributed by atoms with E-state index in [0.717, 1.165) is 0 Å². The second-order valence-electron chi connectivity index (χ2n) is 3.06.